The van der Waals surface area contributed by atoms with Crippen LogP contribution in [0.3, 0.4) is 0 Å². The van der Waals surface area contributed by atoms with E-state index in [-0.39, 0.29) is 5.63 Å². The Morgan fingerprint density at radius 3 is 2.79 bits per heavy atom. The first kappa shape index (κ1) is 17.9. The highest BCUT2D eigenvalue weighted by Gasteiger charge is 2.07. The van der Waals surface area contributed by atoms with Crippen molar-refractivity contribution in [1.29, 1.82) is 0 Å². The van der Waals surface area contributed by atoms with Crippen molar-refractivity contribution < 1.29 is 9.15 Å². The number of nitrogens with zero attached hydrogens (tertiary/aromatic N) is 2. The number of methoxy groups -OCH3 is 1. The molecule has 0 radical (unpaired) electrons. The lowest BCUT2D eigenvalue weighted by Crippen LogP contribution is -1.97. The van der Waals surface area contributed by atoms with Crippen LogP contribution >= 0.6 is 11.3 Å². The van der Waals surface area contributed by atoms with Gasteiger partial charge >= 0.3 is 5.63 Å². The molecule has 2 heterocycles. The molecule has 0 aliphatic rings. The van der Waals surface area contributed by atoms with Gasteiger partial charge in [-0.15, -0.1) is 11.3 Å². The van der Waals surface area contributed by atoms with E-state index in [1.807, 2.05) is 48.7 Å². The third kappa shape index (κ3) is 3.94. The molecule has 0 aliphatic carbocycles. The Kier molecular flexibility index (Phi) is 4.90. The Morgan fingerprint density at radius 1 is 1.18 bits per heavy atom. The number of rotatable bonds is 5. The van der Waals surface area contributed by atoms with E-state index in [9.17, 15) is 4.79 Å². The predicted octanol–water partition coefficient (Wildman–Crippen LogP) is 5.06. The summed E-state index contributed by atoms with van der Waals surface area (Å²) in [5, 5.41) is 6.72. The van der Waals surface area contributed by atoms with Gasteiger partial charge in [-0.05, 0) is 60.5 Å². The number of aryl methyl sites for hydroxylation is 1. The van der Waals surface area contributed by atoms with Crippen LogP contribution in [0.4, 0.5) is 16.6 Å². The fraction of sp³-hybridized carbons (Fsp3) is 0.0952. The first-order chi connectivity index (χ1) is 13.6. The largest absolute Gasteiger partial charge is 0.497 e. The molecule has 0 fully saturated rings. The summed E-state index contributed by atoms with van der Waals surface area (Å²) in [6, 6.07) is 14.6. The number of hydrogen-bond donors (Lipinski definition) is 1. The predicted molar refractivity (Wildman–Crippen MR) is 113 cm³/mol. The first-order valence-corrected chi connectivity index (χ1v) is 9.44. The zero-order valence-electron chi connectivity index (χ0n) is 15.3. The molecule has 6 nitrogen and oxygen atoms in total. The molecule has 28 heavy (non-hydrogen) atoms. The molecular weight excluding hydrogens is 374 g/mol. The number of thiazole rings is 1. The molecule has 1 N–H and O–H groups in total. The molecule has 0 unspecified atom stereocenters. The summed E-state index contributed by atoms with van der Waals surface area (Å²) in [4.78, 5) is 20.3. The number of aliphatic imine (C=N–C) groups is 1. The molecule has 2 aromatic carbocycles. The van der Waals surface area contributed by atoms with E-state index in [0.717, 1.165) is 28.0 Å². The normalized spacial score (nSPS) is 11.2. The summed E-state index contributed by atoms with van der Waals surface area (Å²) in [7, 11) is 1.64. The van der Waals surface area contributed by atoms with Gasteiger partial charge in [0.25, 0.3) is 0 Å². The number of fused-ring (bicyclic) bond motifs is 1. The maximum absolute atomic E-state index is 11.4. The zero-order valence-corrected chi connectivity index (χ0v) is 16.1. The second kappa shape index (κ2) is 7.66. The van der Waals surface area contributed by atoms with E-state index < -0.39 is 0 Å². The van der Waals surface area contributed by atoms with Crippen molar-refractivity contribution in [2.75, 3.05) is 12.4 Å². The molecule has 0 saturated carbocycles. The second-order valence-corrected chi connectivity index (χ2v) is 6.97. The molecular formula is C21H17N3O3S. The fourth-order valence-corrected chi connectivity index (χ4v) is 3.28. The Labute approximate surface area is 165 Å². The molecule has 0 amide bonds. The molecule has 0 aliphatic heterocycles. The van der Waals surface area contributed by atoms with Gasteiger partial charge in [0.2, 0.25) is 5.13 Å². The van der Waals surface area contributed by atoms with Crippen molar-refractivity contribution in [3.05, 3.63) is 75.5 Å². The third-order valence-electron chi connectivity index (χ3n) is 4.16. The van der Waals surface area contributed by atoms with Crippen LogP contribution in [-0.4, -0.2) is 18.3 Å². The van der Waals surface area contributed by atoms with E-state index in [2.05, 4.69) is 15.3 Å². The van der Waals surface area contributed by atoms with Crippen LogP contribution in [0.5, 0.6) is 5.75 Å². The minimum atomic E-state index is -0.355. The number of hydrogen-bond acceptors (Lipinski definition) is 7. The van der Waals surface area contributed by atoms with Crippen molar-refractivity contribution in [3.63, 3.8) is 0 Å². The zero-order chi connectivity index (χ0) is 19.5. The third-order valence-corrected chi connectivity index (χ3v) is 4.91. The highest BCUT2D eigenvalue weighted by Crippen LogP contribution is 2.28. The van der Waals surface area contributed by atoms with Crippen molar-refractivity contribution in [2.24, 2.45) is 4.99 Å². The van der Waals surface area contributed by atoms with Gasteiger partial charge in [0.05, 0.1) is 7.11 Å². The van der Waals surface area contributed by atoms with E-state index >= 15 is 0 Å². The molecule has 0 atom stereocenters. The van der Waals surface area contributed by atoms with Gasteiger partial charge in [-0.2, -0.15) is 0 Å². The topological polar surface area (TPSA) is 76.7 Å². The summed E-state index contributed by atoms with van der Waals surface area (Å²) in [5.41, 5.74) is 3.04. The highest BCUT2D eigenvalue weighted by molar-refractivity contribution is 7.13. The average Bonchev–Trinajstić information content (AvgIpc) is 3.15. The fourth-order valence-electron chi connectivity index (χ4n) is 2.69. The first-order valence-electron chi connectivity index (χ1n) is 8.56. The number of aromatic nitrogens is 1. The highest BCUT2D eigenvalue weighted by atomic mass is 32.1. The SMILES string of the molecule is COc1ccc(/C=N/c2nc(Nc3cc4ccc(=O)oc4cc3C)cs2)cc1. The Hall–Kier alpha value is -3.45. The van der Waals surface area contributed by atoms with Crippen molar-refractivity contribution >= 4 is 45.2 Å². The van der Waals surface area contributed by atoms with E-state index in [1.54, 1.807) is 19.4 Å². The average molecular weight is 391 g/mol. The summed E-state index contributed by atoms with van der Waals surface area (Å²) in [5.74, 6) is 1.52. The molecule has 0 bridgehead atoms. The molecule has 140 valence electrons. The van der Waals surface area contributed by atoms with Crippen LogP contribution in [0.1, 0.15) is 11.1 Å². The van der Waals surface area contributed by atoms with Crippen LogP contribution < -0.4 is 15.7 Å². The van der Waals surface area contributed by atoms with Crippen LogP contribution in [-0.2, 0) is 0 Å². The van der Waals surface area contributed by atoms with Gasteiger partial charge in [0.15, 0.2) is 0 Å². The lowest BCUT2D eigenvalue weighted by atomic mass is 10.1. The van der Waals surface area contributed by atoms with Gasteiger partial charge in [-0.3, -0.25) is 0 Å². The van der Waals surface area contributed by atoms with Gasteiger partial charge in [-0.25, -0.2) is 14.8 Å². The second-order valence-electron chi connectivity index (χ2n) is 6.13. The van der Waals surface area contributed by atoms with Crippen molar-refractivity contribution in [2.45, 2.75) is 6.92 Å². The van der Waals surface area contributed by atoms with Gasteiger partial charge in [0.1, 0.15) is 17.2 Å². The molecule has 0 spiro atoms. The molecule has 4 rings (SSSR count). The molecule has 0 saturated heterocycles. The molecule has 7 heteroatoms. The Bertz CT molecular complexity index is 1210. The Balaban J connectivity index is 1.52. The number of benzene rings is 2. The maximum Gasteiger partial charge on any atom is 0.336 e. The summed E-state index contributed by atoms with van der Waals surface area (Å²) >= 11 is 1.45. The van der Waals surface area contributed by atoms with Crippen LogP contribution in [0.2, 0.25) is 0 Å². The monoisotopic (exact) mass is 391 g/mol. The van der Waals surface area contributed by atoms with Gasteiger partial charge in [-0.1, -0.05) is 0 Å². The minimum absolute atomic E-state index is 0.355. The quantitative estimate of drug-likeness (QED) is 0.380. The van der Waals surface area contributed by atoms with Crippen LogP contribution in [0.15, 0.2) is 68.1 Å². The van der Waals surface area contributed by atoms with E-state index in [1.165, 1.54) is 17.4 Å². The molecule has 4 aromatic rings. The molecule has 2 aromatic heterocycles. The summed E-state index contributed by atoms with van der Waals surface area (Å²) in [6.07, 6.45) is 1.77. The van der Waals surface area contributed by atoms with Gasteiger partial charge in [0, 0.05) is 28.7 Å². The number of anilines is 2. The lowest BCUT2D eigenvalue weighted by Gasteiger charge is -2.08. The minimum Gasteiger partial charge on any atom is -0.497 e. The Morgan fingerprint density at radius 2 is 2.00 bits per heavy atom. The summed E-state index contributed by atoms with van der Waals surface area (Å²) in [6.45, 7) is 1.95. The van der Waals surface area contributed by atoms with Crippen LogP contribution in [0.25, 0.3) is 11.0 Å². The smallest absolute Gasteiger partial charge is 0.336 e. The summed E-state index contributed by atoms with van der Waals surface area (Å²) < 4.78 is 10.4. The lowest BCUT2D eigenvalue weighted by molar-refractivity contribution is 0.415. The van der Waals surface area contributed by atoms with E-state index in [0.29, 0.717) is 16.5 Å². The maximum atomic E-state index is 11.4. The van der Waals surface area contributed by atoms with Gasteiger partial charge < -0.3 is 14.5 Å². The number of nitrogens with one attached hydrogen (secondary N) is 1. The van der Waals surface area contributed by atoms with Crippen molar-refractivity contribution in [3.8, 4) is 5.75 Å². The number of ether oxygens (including phenoxy) is 1. The van der Waals surface area contributed by atoms with E-state index in [4.69, 9.17) is 9.15 Å². The van der Waals surface area contributed by atoms with Crippen LogP contribution in [0, 0.1) is 6.92 Å². The standard InChI is InChI=1S/C21H17N3O3S/c1-13-9-18-15(5-8-20(25)27-18)10-17(13)23-19-12-28-21(24-19)22-11-14-3-6-16(26-2)7-4-14/h3-12,23H,1-2H3/b22-11+. The van der Waals surface area contributed by atoms with Crippen molar-refractivity contribution in [1.82, 2.24) is 4.98 Å².